The van der Waals surface area contributed by atoms with Crippen molar-refractivity contribution in [1.29, 1.82) is 0 Å². The summed E-state index contributed by atoms with van der Waals surface area (Å²) in [6.07, 6.45) is 10.1. The lowest BCUT2D eigenvalue weighted by atomic mass is 9.52. The molecule has 0 aromatic heterocycles. The Labute approximate surface area is 420 Å². The minimum Gasteiger partial charge on any atom is -1.00 e. The van der Waals surface area contributed by atoms with E-state index >= 15 is 0 Å². The maximum atomic E-state index is 7.75. The standard InChI is InChI=1S/C60H58N4O2.2BrH/c1-3-11-41-29-37(17-19-39(41)9-1)33-63-25-23-59-47-13-5-7-15-49(47)61-55(59)53-45(31-51(59)63)43(35-63)21-27-65-57(53)62-50-16-8-6-14-48(50)60-24-26-64(34-38-18-20-40-10-2-4-12-42(40)30-38)36-44-22-28-66-58(61)54(56(60)62)46(44)32-52(60)64;;/h1-22,29-30,45-46,51-58H,23-28,31-36H2;2*1H/q+2;;/p-2/t45-,46-,51-,52-,53+,54+,55-,56-,57+,58+,59+,60+,63?,64?;;/m0../s1. The summed E-state index contributed by atoms with van der Waals surface area (Å²) in [4.78, 5) is 6.05. The number of hydrogen-bond donors (Lipinski definition) is 0. The smallest absolute Gasteiger partial charge is 0.136 e. The van der Waals surface area contributed by atoms with Gasteiger partial charge < -0.3 is 62.2 Å². The monoisotopic (exact) mass is 1020 g/mol. The molecule has 6 aromatic carbocycles. The lowest BCUT2D eigenvalue weighted by Crippen LogP contribution is -3.00. The second kappa shape index (κ2) is 14.2. The van der Waals surface area contributed by atoms with Crippen molar-refractivity contribution >= 4 is 32.9 Å². The Morgan fingerprint density at radius 1 is 0.500 bits per heavy atom. The van der Waals surface area contributed by atoms with E-state index < -0.39 is 0 Å². The highest BCUT2D eigenvalue weighted by Gasteiger charge is 2.81. The fraction of sp³-hybridized carbons (Fsp3) is 0.400. The van der Waals surface area contributed by atoms with Crippen LogP contribution in [0.15, 0.2) is 157 Å². The van der Waals surface area contributed by atoms with Gasteiger partial charge in [0.1, 0.15) is 50.7 Å². The van der Waals surface area contributed by atoms with Crippen molar-refractivity contribution in [3.63, 3.8) is 0 Å². The van der Waals surface area contributed by atoms with Gasteiger partial charge in [-0.1, -0.05) is 121 Å². The summed E-state index contributed by atoms with van der Waals surface area (Å²) < 4.78 is 17.8. The van der Waals surface area contributed by atoms with Crippen LogP contribution in [0.4, 0.5) is 11.4 Å². The largest absolute Gasteiger partial charge is 1.00 e. The highest BCUT2D eigenvalue weighted by Crippen LogP contribution is 2.73. The first-order chi connectivity index (χ1) is 32.6. The number of piperidine rings is 2. The Hall–Kier alpha value is -4.28. The average Bonchev–Trinajstić information content (AvgIpc) is 3.97. The second-order valence-electron chi connectivity index (χ2n) is 23.1. The van der Waals surface area contributed by atoms with Gasteiger partial charge in [0.25, 0.3) is 0 Å². The number of rotatable bonds is 4. The van der Waals surface area contributed by atoms with E-state index in [-0.39, 0.29) is 57.2 Å². The molecule has 5 saturated heterocycles. The molecule has 14 atom stereocenters. The van der Waals surface area contributed by atoms with Crippen molar-refractivity contribution < 1.29 is 52.4 Å². The lowest BCUT2D eigenvalue weighted by molar-refractivity contribution is -0.955. The molecule has 344 valence electrons. The number of anilines is 2. The van der Waals surface area contributed by atoms with Crippen molar-refractivity contribution in [3.05, 3.63) is 179 Å². The number of para-hydroxylation sites is 2. The normalized spacial score (nSPS) is 39.6. The third-order valence-electron chi connectivity index (χ3n) is 21.1. The van der Waals surface area contributed by atoms with Crippen LogP contribution in [0.25, 0.3) is 21.5 Å². The van der Waals surface area contributed by atoms with Crippen molar-refractivity contribution in [1.82, 2.24) is 0 Å². The number of halogens is 2. The summed E-state index contributed by atoms with van der Waals surface area (Å²) in [5.41, 5.74) is 12.6. The number of fused-ring (bicyclic) bond motifs is 8. The molecule has 9 heterocycles. The number of ether oxygens (including phenoxy) is 2. The molecule has 7 fully saturated rings. The molecule has 0 amide bonds. The van der Waals surface area contributed by atoms with E-state index in [1.54, 1.807) is 22.3 Å². The number of hydrogen-bond acceptors (Lipinski definition) is 4. The number of nitrogens with zero attached hydrogens (tertiary/aromatic N) is 4. The summed E-state index contributed by atoms with van der Waals surface area (Å²) in [6, 6.07) is 53.9. The van der Waals surface area contributed by atoms with Crippen LogP contribution in [0.5, 0.6) is 0 Å². The summed E-state index contributed by atoms with van der Waals surface area (Å²) >= 11 is 0. The van der Waals surface area contributed by atoms with Crippen LogP contribution < -0.4 is 43.8 Å². The molecule has 2 saturated carbocycles. The predicted octanol–water partition coefficient (Wildman–Crippen LogP) is 4.01. The van der Waals surface area contributed by atoms with Crippen LogP contribution in [0.3, 0.4) is 0 Å². The maximum Gasteiger partial charge on any atom is 0.136 e. The van der Waals surface area contributed by atoms with E-state index in [0.29, 0.717) is 61.1 Å². The van der Waals surface area contributed by atoms with Crippen LogP contribution in [-0.4, -0.2) is 85.0 Å². The first-order valence-electron chi connectivity index (χ1n) is 25.6. The Bertz CT molecular complexity index is 2980. The maximum absolute atomic E-state index is 7.75. The zero-order chi connectivity index (χ0) is 42.7. The number of quaternary nitrogens is 2. The molecule has 2 unspecified atom stereocenters. The first kappa shape index (κ1) is 41.5. The summed E-state index contributed by atoms with van der Waals surface area (Å²) in [7, 11) is 0. The number of benzene rings is 6. The third kappa shape index (κ3) is 4.89. The van der Waals surface area contributed by atoms with Crippen LogP contribution in [0, 0.1) is 23.7 Å². The van der Waals surface area contributed by atoms with Gasteiger partial charge in [0.05, 0.1) is 49.2 Å². The van der Waals surface area contributed by atoms with Crippen LogP contribution in [0.1, 0.15) is 47.9 Å². The molecule has 6 aromatic rings. The summed E-state index contributed by atoms with van der Waals surface area (Å²) in [5, 5.41) is 5.41. The van der Waals surface area contributed by atoms with E-state index in [9.17, 15) is 0 Å². The zero-order valence-corrected chi connectivity index (χ0v) is 41.6. The molecule has 9 aliphatic heterocycles. The van der Waals surface area contributed by atoms with Gasteiger partial charge in [-0.2, -0.15) is 0 Å². The molecule has 2 spiro atoms. The van der Waals surface area contributed by atoms with Crippen molar-refractivity contribution in [3.8, 4) is 0 Å². The molecule has 17 rings (SSSR count). The van der Waals surface area contributed by atoms with Gasteiger partial charge in [0.2, 0.25) is 0 Å². The van der Waals surface area contributed by atoms with Gasteiger partial charge in [-0.3, -0.25) is 0 Å². The lowest BCUT2D eigenvalue weighted by Gasteiger charge is -2.65. The van der Waals surface area contributed by atoms with E-state index in [2.05, 4.69) is 155 Å². The molecule has 68 heavy (non-hydrogen) atoms. The topological polar surface area (TPSA) is 24.9 Å². The van der Waals surface area contributed by atoms with Crippen molar-refractivity contribution in [2.24, 2.45) is 23.7 Å². The van der Waals surface area contributed by atoms with Gasteiger partial charge in [-0.15, -0.1) is 0 Å². The highest BCUT2D eigenvalue weighted by molar-refractivity contribution is 5.84. The molecular weight excluding hydrogens is 968 g/mol. The van der Waals surface area contributed by atoms with Gasteiger partial charge >= 0.3 is 0 Å². The van der Waals surface area contributed by atoms with Crippen LogP contribution in [-0.2, 0) is 33.4 Å². The fourth-order valence-electron chi connectivity index (χ4n) is 19.2. The first-order valence-corrected chi connectivity index (χ1v) is 25.6. The van der Waals surface area contributed by atoms with Gasteiger partial charge in [-0.25, -0.2) is 0 Å². The Morgan fingerprint density at radius 3 is 1.40 bits per heavy atom. The SMILES string of the molecule is C1=C2C[N+]3(Cc4ccc5ccccc5c4)CC[C@]45c6ccccc6N6[C@@H]7OCC=C8C[N+]9(Cc%10ccc%11ccccc%11c%10)CC[C@]%10%11c%12ccccc%12N([C@H](OC1)[C@@H]([C@H]64)[C@H]2C[C@@H]53)[C@H]%10[C@H]7[C@H]8C[C@@H]%119.[Br-].[Br-]. The summed E-state index contributed by atoms with van der Waals surface area (Å²) in [5.74, 6) is 1.61. The quantitative estimate of drug-likeness (QED) is 0.197. The third-order valence-corrected chi connectivity index (χ3v) is 21.1. The highest BCUT2D eigenvalue weighted by atomic mass is 79.9. The minimum atomic E-state index is -0.00607. The molecule has 2 aliphatic carbocycles. The predicted molar refractivity (Wildman–Crippen MR) is 260 cm³/mol. The van der Waals surface area contributed by atoms with E-state index in [1.165, 1.54) is 82.8 Å². The Morgan fingerprint density at radius 2 is 0.926 bits per heavy atom. The molecular formula is C60H58Br2N4O2. The van der Waals surface area contributed by atoms with Crippen LogP contribution in [0.2, 0.25) is 0 Å². The second-order valence-corrected chi connectivity index (χ2v) is 23.1. The molecule has 11 aliphatic rings. The average molecular weight is 1030 g/mol. The Balaban J connectivity index is 0.00000210. The minimum absolute atomic E-state index is 0. The molecule has 4 bridgehead atoms. The van der Waals surface area contributed by atoms with E-state index in [4.69, 9.17) is 9.47 Å². The molecule has 0 radical (unpaired) electrons. The van der Waals surface area contributed by atoms with Crippen molar-refractivity contribution in [2.75, 3.05) is 49.2 Å². The van der Waals surface area contributed by atoms with Gasteiger partial charge in [0.15, 0.2) is 0 Å². The van der Waals surface area contributed by atoms with Crippen molar-refractivity contribution in [2.45, 2.75) is 86.2 Å². The van der Waals surface area contributed by atoms with E-state index in [0.717, 1.165) is 35.1 Å². The molecule has 0 N–H and O–H groups in total. The summed E-state index contributed by atoms with van der Waals surface area (Å²) in [6.45, 7) is 8.31. The zero-order valence-electron chi connectivity index (χ0n) is 38.5. The fourth-order valence-corrected chi connectivity index (χ4v) is 19.2. The van der Waals surface area contributed by atoms with Gasteiger partial charge in [-0.05, 0) is 68.1 Å². The molecule has 6 nitrogen and oxygen atoms in total. The van der Waals surface area contributed by atoms with Gasteiger partial charge in [0, 0.05) is 71.9 Å². The molecule has 8 heteroatoms. The van der Waals surface area contributed by atoms with E-state index in [1.807, 2.05) is 0 Å². The Kier molecular flexibility index (Phi) is 8.66. The van der Waals surface area contributed by atoms with Crippen LogP contribution >= 0.6 is 0 Å².